The van der Waals surface area contributed by atoms with E-state index in [2.05, 4.69) is 117 Å². The smallest absolute Gasteiger partial charge is 0.162 e. The number of thiophene rings is 1. The number of rotatable bonds is 9. The van der Waals surface area contributed by atoms with Crippen molar-refractivity contribution >= 4 is 72.2 Å². The first-order chi connectivity index (χ1) is 22.9. The molecule has 0 aliphatic carbocycles. The number of ketones is 1. The minimum Gasteiger partial charge on any atom is -0.512 e. The zero-order valence-electron chi connectivity index (χ0n) is 30.2. The van der Waals surface area contributed by atoms with E-state index in [4.69, 9.17) is 0 Å². The van der Waals surface area contributed by atoms with Crippen molar-refractivity contribution in [2.75, 3.05) is 0 Å². The number of aromatic nitrogens is 1. The van der Waals surface area contributed by atoms with Gasteiger partial charge in [-0.1, -0.05) is 119 Å². The molecule has 0 saturated carbocycles. The molecular weight excluding hydrogens is 815 g/mol. The van der Waals surface area contributed by atoms with Gasteiger partial charge >= 0.3 is 0 Å². The monoisotopic (exact) mass is 865 g/mol. The molecule has 259 valence electrons. The number of carbonyl (C=O) groups is 1. The minimum absolute atomic E-state index is 0. The van der Waals surface area contributed by atoms with Crippen LogP contribution in [0.4, 0.5) is 0 Å². The Labute approximate surface area is 311 Å². The normalized spacial score (nSPS) is 12.2. The van der Waals surface area contributed by atoms with Gasteiger partial charge in [0, 0.05) is 49.8 Å². The standard InChI is InChI=1S/C30H26NSSi.C13H24O2.Ir/c1-19-16-23-22-12-8-9-13-27(22)32-30(23)24(17-19)26-18-28(33(3,4)5)29-21-11-7-6-10-20(21)14-15-25(29)31(26)2;1-5-10(6-2)12(14)9-13(15)11(7-3)8-4;/h6-16,18H,2H2,1,3-5H3;9-11,14H,5-8H2,1-4H3;/q-1;;/b;12-9-;. The van der Waals surface area contributed by atoms with Crippen molar-refractivity contribution in [2.45, 2.75) is 79.9 Å². The van der Waals surface area contributed by atoms with Crippen molar-refractivity contribution in [1.82, 2.24) is 0 Å². The molecule has 6 rings (SSSR count). The summed E-state index contributed by atoms with van der Waals surface area (Å²) in [4.78, 5) is 11.7. The molecule has 0 fully saturated rings. The van der Waals surface area contributed by atoms with Crippen molar-refractivity contribution < 1.29 is 34.6 Å². The van der Waals surface area contributed by atoms with Gasteiger partial charge in [0.1, 0.15) is 11.2 Å². The number of benzene rings is 4. The number of nitrogens with zero attached hydrogens (tertiary/aromatic N) is 1. The summed E-state index contributed by atoms with van der Waals surface area (Å²) in [5.74, 6) is 0.547. The van der Waals surface area contributed by atoms with Gasteiger partial charge in [-0.3, -0.25) is 4.79 Å². The van der Waals surface area contributed by atoms with Gasteiger partial charge in [-0.05, 0) is 70.1 Å². The Bertz CT molecular complexity index is 2130. The average molecular weight is 865 g/mol. The predicted octanol–water partition coefficient (Wildman–Crippen LogP) is 11.5. The molecule has 0 unspecified atom stereocenters. The minimum atomic E-state index is -1.67. The summed E-state index contributed by atoms with van der Waals surface area (Å²) in [6, 6.07) is 30.3. The number of hydrogen-bond donors (Lipinski definition) is 1. The fraction of sp³-hybridized carbons (Fsp3) is 0.326. The molecule has 0 aliphatic rings. The van der Waals surface area contributed by atoms with Crippen LogP contribution in [0.5, 0.6) is 0 Å². The third-order valence-corrected chi connectivity index (χ3v) is 12.9. The van der Waals surface area contributed by atoms with Gasteiger partial charge in [0.05, 0.1) is 13.8 Å². The van der Waals surface area contributed by atoms with Crippen LogP contribution >= 0.6 is 11.3 Å². The SMILES string of the molecule is CCC(CC)C(=O)/C=C(\O)C(CC)CC.[CH2-][n+]1c(-c2[c-]c(C)cc3c2sc2ccccc23)cc([Si](C)(C)C)c2c3ccccc3ccc21.[Ir]. The Morgan fingerprint density at radius 3 is 2.12 bits per heavy atom. The largest absolute Gasteiger partial charge is 0.512 e. The fourth-order valence-corrected chi connectivity index (χ4v) is 9.62. The number of pyridine rings is 1. The molecule has 0 bridgehead atoms. The molecule has 0 spiro atoms. The van der Waals surface area contributed by atoms with Gasteiger partial charge in [-0.25, -0.2) is 0 Å². The summed E-state index contributed by atoms with van der Waals surface area (Å²) < 4.78 is 4.75. The third-order valence-electron chi connectivity index (χ3n) is 9.73. The van der Waals surface area contributed by atoms with Crippen LogP contribution in [0.1, 0.15) is 58.9 Å². The summed E-state index contributed by atoms with van der Waals surface area (Å²) >= 11 is 1.86. The van der Waals surface area contributed by atoms with E-state index in [0.717, 1.165) is 42.5 Å². The molecule has 49 heavy (non-hydrogen) atoms. The van der Waals surface area contributed by atoms with Crippen molar-refractivity contribution in [3.63, 3.8) is 0 Å². The number of aliphatic hydroxyl groups excluding tert-OH is 1. The number of fused-ring (bicyclic) bond motifs is 6. The molecule has 6 heteroatoms. The summed E-state index contributed by atoms with van der Waals surface area (Å²) in [5, 5.41) is 17.8. The number of hydrogen-bond acceptors (Lipinski definition) is 3. The van der Waals surface area contributed by atoms with Crippen molar-refractivity contribution in [1.29, 1.82) is 0 Å². The van der Waals surface area contributed by atoms with Gasteiger partial charge in [-0.15, -0.1) is 17.7 Å². The number of aryl methyl sites for hydroxylation is 1. The molecule has 0 amide bonds. The molecule has 0 atom stereocenters. The molecule has 6 aromatic rings. The number of carbonyl (C=O) groups excluding carboxylic acids is 1. The summed E-state index contributed by atoms with van der Waals surface area (Å²) in [7, 11) is 2.90. The Balaban J connectivity index is 0.000000290. The average Bonchev–Trinajstić information content (AvgIpc) is 3.44. The Hall–Kier alpha value is -3.28. The van der Waals surface area contributed by atoms with E-state index in [0.29, 0.717) is 0 Å². The number of aliphatic hydroxyl groups is 1. The third kappa shape index (κ3) is 7.89. The molecule has 1 radical (unpaired) electrons. The summed E-state index contributed by atoms with van der Waals surface area (Å²) in [5.41, 5.74) is 4.66. The maximum atomic E-state index is 11.7. The van der Waals surface area contributed by atoms with Crippen LogP contribution in [0.3, 0.4) is 0 Å². The van der Waals surface area contributed by atoms with E-state index in [-0.39, 0.29) is 43.5 Å². The molecule has 0 saturated heterocycles. The molecule has 3 nitrogen and oxygen atoms in total. The Kier molecular flexibility index (Phi) is 12.7. The van der Waals surface area contributed by atoms with Crippen LogP contribution < -0.4 is 9.75 Å². The van der Waals surface area contributed by atoms with Crippen LogP contribution in [0.15, 0.2) is 84.6 Å². The van der Waals surface area contributed by atoms with Crippen LogP contribution in [-0.4, -0.2) is 19.0 Å². The van der Waals surface area contributed by atoms with E-state index in [1.807, 2.05) is 39.0 Å². The van der Waals surface area contributed by atoms with E-state index in [1.54, 1.807) is 0 Å². The van der Waals surface area contributed by atoms with Crippen molar-refractivity contribution in [3.8, 4) is 11.3 Å². The van der Waals surface area contributed by atoms with Crippen LogP contribution in [0, 0.1) is 31.9 Å². The zero-order chi connectivity index (χ0) is 34.7. The van der Waals surface area contributed by atoms with E-state index >= 15 is 0 Å². The summed E-state index contributed by atoms with van der Waals surface area (Å²) in [6.45, 7) is 17.5. The topological polar surface area (TPSA) is 41.2 Å². The van der Waals surface area contributed by atoms with Crippen molar-refractivity contribution in [3.05, 3.63) is 103 Å². The second kappa shape index (κ2) is 16.2. The van der Waals surface area contributed by atoms with E-state index in [1.165, 1.54) is 53.1 Å². The molecule has 4 aromatic carbocycles. The first kappa shape index (κ1) is 38.5. The second-order valence-corrected chi connectivity index (χ2v) is 20.1. The predicted molar refractivity (Wildman–Crippen MR) is 211 cm³/mol. The summed E-state index contributed by atoms with van der Waals surface area (Å²) in [6.07, 6.45) is 4.91. The molecule has 1 N–H and O–H groups in total. The van der Waals surface area contributed by atoms with Gasteiger partial charge in [0.25, 0.3) is 0 Å². The van der Waals surface area contributed by atoms with Gasteiger partial charge in [0.2, 0.25) is 0 Å². The molecule has 2 aromatic heterocycles. The van der Waals surface area contributed by atoms with Crippen molar-refractivity contribution in [2.24, 2.45) is 11.8 Å². The van der Waals surface area contributed by atoms with Gasteiger partial charge in [0.15, 0.2) is 5.78 Å². The maximum Gasteiger partial charge on any atom is 0.162 e. The fourth-order valence-electron chi connectivity index (χ4n) is 6.84. The van der Waals surface area contributed by atoms with Crippen LogP contribution in [0.2, 0.25) is 19.6 Å². The van der Waals surface area contributed by atoms with Gasteiger partial charge in [-0.2, -0.15) is 11.3 Å². The van der Waals surface area contributed by atoms with E-state index < -0.39 is 8.07 Å². The van der Waals surface area contributed by atoms with E-state index in [9.17, 15) is 9.90 Å². The first-order valence-corrected chi connectivity index (χ1v) is 21.8. The maximum absolute atomic E-state index is 11.7. The molecular formula is C43H50IrNO2SSi-. The van der Waals surface area contributed by atoms with Crippen LogP contribution in [-0.2, 0) is 24.9 Å². The molecule has 2 heterocycles. The first-order valence-electron chi connectivity index (χ1n) is 17.4. The molecule has 0 aliphatic heterocycles. The van der Waals surface area contributed by atoms with Crippen LogP contribution in [0.25, 0.3) is 53.1 Å². The van der Waals surface area contributed by atoms with Gasteiger partial charge < -0.3 is 9.67 Å². The quantitative estimate of drug-likeness (QED) is 0.0393. The second-order valence-electron chi connectivity index (χ2n) is 14.0. The Morgan fingerprint density at radius 2 is 1.49 bits per heavy atom. The number of allylic oxidation sites excluding steroid dienone is 2. The Morgan fingerprint density at radius 1 is 0.878 bits per heavy atom. The zero-order valence-corrected chi connectivity index (χ0v) is 34.5.